The van der Waals surface area contributed by atoms with Crippen LogP contribution in [0.5, 0.6) is 0 Å². The van der Waals surface area contributed by atoms with Gasteiger partial charge in [-0.1, -0.05) is 6.92 Å². The number of rotatable bonds is 5. The van der Waals surface area contributed by atoms with E-state index in [-0.39, 0.29) is 11.9 Å². The van der Waals surface area contributed by atoms with Gasteiger partial charge in [0.1, 0.15) is 6.10 Å². The van der Waals surface area contributed by atoms with Crippen molar-refractivity contribution in [2.75, 3.05) is 13.7 Å². The molecule has 4 nitrogen and oxygen atoms in total. The van der Waals surface area contributed by atoms with Crippen LogP contribution in [0.25, 0.3) is 0 Å². The van der Waals surface area contributed by atoms with Crippen LogP contribution in [0, 0.1) is 0 Å². The molecule has 0 spiro atoms. The maximum atomic E-state index is 11.2. The van der Waals surface area contributed by atoms with E-state index in [0.717, 1.165) is 6.42 Å². The first kappa shape index (κ1) is 11.4. The zero-order valence-corrected chi connectivity index (χ0v) is 7.96. The molecule has 0 aromatic carbocycles. The number of ether oxygens (including phenoxy) is 1. The number of amides is 1. The van der Waals surface area contributed by atoms with Crippen LogP contribution in [-0.4, -0.2) is 31.7 Å². The normalized spacial score (nSPS) is 15.3. The van der Waals surface area contributed by atoms with Gasteiger partial charge in [0.05, 0.1) is 0 Å². The molecule has 12 heavy (non-hydrogen) atoms. The lowest BCUT2D eigenvalue weighted by molar-refractivity contribution is -0.130. The Morgan fingerprint density at radius 2 is 2.25 bits per heavy atom. The minimum Gasteiger partial charge on any atom is -0.372 e. The number of hydrogen-bond donors (Lipinski definition) is 2. The number of nitrogens with one attached hydrogen (secondary N) is 1. The predicted octanol–water partition coefficient (Wildman–Crippen LogP) is -0.125. The third-order valence-electron chi connectivity index (χ3n) is 1.85. The predicted molar refractivity (Wildman–Crippen MR) is 47.7 cm³/mol. The lowest BCUT2D eigenvalue weighted by atomic mass is 10.2. The van der Waals surface area contributed by atoms with Crippen molar-refractivity contribution in [1.29, 1.82) is 0 Å². The third kappa shape index (κ3) is 3.69. The standard InChI is InChI=1S/C8H18N2O2/c1-4-7(5-9)10-8(11)6(2)12-3/h6-7H,4-5,9H2,1-3H3,(H,10,11). The Morgan fingerprint density at radius 3 is 2.58 bits per heavy atom. The van der Waals surface area contributed by atoms with Gasteiger partial charge in [-0.3, -0.25) is 4.79 Å². The fourth-order valence-electron chi connectivity index (χ4n) is 0.753. The summed E-state index contributed by atoms with van der Waals surface area (Å²) in [6.07, 6.45) is 0.448. The molecule has 2 atom stereocenters. The number of nitrogens with two attached hydrogens (primary N) is 1. The van der Waals surface area contributed by atoms with Crippen LogP contribution in [0.3, 0.4) is 0 Å². The monoisotopic (exact) mass is 174 g/mol. The second kappa shape index (κ2) is 5.97. The molecule has 0 fully saturated rings. The number of methoxy groups -OCH3 is 1. The van der Waals surface area contributed by atoms with E-state index in [4.69, 9.17) is 10.5 Å². The van der Waals surface area contributed by atoms with Crippen LogP contribution >= 0.6 is 0 Å². The fourth-order valence-corrected chi connectivity index (χ4v) is 0.753. The van der Waals surface area contributed by atoms with E-state index in [1.807, 2.05) is 6.92 Å². The topological polar surface area (TPSA) is 64.3 Å². The average Bonchev–Trinajstić information content (AvgIpc) is 2.12. The van der Waals surface area contributed by atoms with Crippen LogP contribution in [0.1, 0.15) is 20.3 Å². The average molecular weight is 174 g/mol. The Labute approximate surface area is 73.5 Å². The van der Waals surface area contributed by atoms with Crippen LogP contribution in [0.15, 0.2) is 0 Å². The van der Waals surface area contributed by atoms with Crippen LogP contribution < -0.4 is 11.1 Å². The van der Waals surface area contributed by atoms with E-state index >= 15 is 0 Å². The minimum absolute atomic E-state index is 0.0649. The van der Waals surface area contributed by atoms with Gasteiger partial charge in [-0.2, -0.15) is 0 Å². The van der Waals surface area contributed by atoms with E-state index in [1.165, 1.54) is 7.11 Å². The summed E-state index contributed by atoms with van der Waals surface area (Å²) in [5.74, 6) is -0.102. The second-order valence-corrected chi connectivity index (χ2v) is 2.73. The van der Waals surface area contributed by atoms with Crippen LogP contribution in [-0.2, 0) is 9.53 Å². The zero-order valence-electron chi connectivity index (χ0n) is 7.96. The second-order valence-electron chi connectivity index (χ2n) is 2.73. The van der Waals surface area contributed by atoms with Gasteiger partial charge in [0.15, 0.2) is 0 Å². The van der Waals surface area contributed by atoms with E-state index in [9.17, 15) is 4.79 Å². The SMILES string of the molecule is CCC(CN)NC(=O)C(C)OC. The van der Waals surface area contributed by atoms with Crippen molar-refractivity contribution in [3.05, 3.63) is 0 Å². The van der Waals surface area contributed by atoms with Gasteiger partial charge >= 0.3 is 0 Å². The van der Waals surface area contributed by atoms with Gasteiger partial charge in [-0.05, 0) is 13.3 Å². The Balaban J connectivity index is 3.81. The number of hydrogen-bond acceptors (Lipinski definition) is 3. The molecular formula is C8H18N2O2. The number of carbonyl (C=O) groups is 1. The highest BCUT2D eigenvalue weighted by molar-refractivity contribution is 5.80. The molecule has 0 rings (SSSR count). The highest BCUT2D eigenvalue weighted by Crippen LogP contribution is 1.92. The summed E-state index contributed by atoms with van der Waals surface area (Å²) in [5.41, 5.74) is 5.42. The molecule has 0 saturated heterocycles. The van der Waals surface area contributed by atoms with Crippen molar-refractivity contribution in [3.8, 4) is 0 Å². The Kier molecular flexibility index (Phi) is 5.66. The molecule has 0 aliphatic heterocycles. The Hall–Kier alpha value is -0.610. The molecule has 3 N–H and O–H groups in total. The molecule has 0 aliphatic carbocycles. The maximum absolute atomic E-state index is 11.2. The number of carbonyl (C=O) groups excluding carboxylic acids is 1. The molecule has 0 saturated carbocycles. The lowest BCUT2D eigenvalue weighted by Crippen LogP contribution is -2.44. The Morgan fingerprint density at radius 1 is 1.67 bits per heavy atom. The van der Waals surface area contributed by atoms with Crippen molar-refractivity contribution < 1.29 is 9.53 Å². The Bertz CT molecular complexity index is 135. The van der Waals surface area contributed by atoms with E-state index in [0.29, 0.717) is 6.54 Å². The van der Waals surface area contributed by atoms with E-state index in [2.05, 4.69) is 5.32 Å². The zero-order chi connectivity index (χ0) is 9.56. The molecular weight excluding hydrogens is 156 g/mol. The quantitative estimate of drug-likeness (QED) is 0.610. The van der Waals surface area contributed by atoms with Crippen LogP contribution in [0.2, 0.25) is 0 Å². The summed E-state index contributed by atoms with van der Waals surface area (Å²) in [4.78, 5) is 11.2. The first-order valence-corrected chi connectivity index (χ1v) is 4.18. The highest BCUT2D eigenvalue weighted by atomic mass is 16.5. The van der Waals surface area contributed by atoms with Gasteiger partial charge in [0, 0.05) is 19.7 Å². The summed E-state index contributed by atoms with van der Waals surface area (Å²) in [6.45, 7) is 4.16. The smallest absolute Gasteiger partial charge is 0.249 e. The highest BCUT2D eigenvalue weighted by Gasteiger charge is 2.14. The van der Waals surface area contributed by atoms with Gasteiger partial charge in [0.25, 0.3) is 0 Å². The summed E-state index contributed by atoms with van der Waals surface area (Å²) >= 11 is 0. The summed E-state index contributed by atoms with van der Waals surface area (Å²) < 4.78 is 4.85. The third-order valence-corrected chi connectivity index (χ3v) is 1.85. The van der Waals surface area contributed by atoms with Gasteiger partial charge in [0.2, 0.25) is 5.91 Å². The van der Waals surface area contributed by atoms with Gasteiger partial charge in [-0.25, -0.2) is 0 Å². The molecule has 4 heteroatoms. The molecule has 72 valence electrons. The summed E-state index contributed by atoms with van der Waals surface area (Å²) in [7, 11) is 1.51. The molecule has 2 unspecified atom stereocenters. The van der Waals surface area contributed by atoms with Crippen molar-refractivity contribution in [1.82, 2.24) is 5.32 Å². The van der Waals surface area contributed by atoms with Crippen molar-refractivity contribution >= 4 is 5.91 Å². The first-order chi connectivity index (χ1) is 5.65. The van der Waals surface area contributed by atoms with E-state index < -0.39 is 6.10 Å². The van der Waals surface area contributed by atoms with Crippen molar-refractivity contribution in [2.24, 2.45) is 5.73 Å². The fraction of sp³-hybridized carbons (Fsp3) is 0.875. The molecule has 1 amide bonds. The molecule has 0 aliphatic rings. The minimum atomic E-state index is -0.398. The molecule has 0 radical (unpaired) electrons. The van der Waals surface area contributed by atoms with Crippen molar-refractivity contribution in [3.63, 3.8) is 0 Å². The maximum Gasteiger partial charge on any atom is 0.249 e. The van der Waals surface area contributed by atoms with Crippen LogP contribution in [0.4, 0.5) is 0 Å². The summed E-state index contributed by atoms with van der Waals surface area (Å²) in [5, 5.41) is 2.78. The lowest BCUT2D eigenvalue weighted by Gasteiger charge is -2.17. The molecule has 0 heterocycles. The van der Waals surface area contributed by atoms with Gasteiger partial charge < -0.3 is 15.8 Å². The van der Waals surface area contributed by atoms with E-state index in [1.54, 1.807) is 6.92 Å². The molecule has 0 aromatic heterocycles. The molecule has 0 bridgehead atoms. The first-order valence-electron chi connectivity index (χ1n) is 4.18. The van der Waals surface area contributed by atoms with Gasteiger partial charge in [-0.15, -0.1) is 0 Å². The summed E-state index contributed by atoms with van der Waals surface area (Å²) in [6, 6.07) is 0.0649. The van der Waals surface area contributed by atoms with Crippen molar-refractivity contribution in [2.45, 2.75) is 32.4 Å². The largest absolute Gasteiger partial charge is 0.372 e. The molecule has 0 aromatic rings.